The molecule has 0 radical (unpaired) electrons. The summed E-state index contributed by atoms with van der Waals surface area (Å²) in [6.45, 7) is 5.55. The number of carboxylic acid groups (broad SMARTS) is 1. The second-order valence-electron chi connectivity index (χ2n) is 4.47. The lowest BCUT2D eigenvalue weighted by Crippen LogP contribution is -2.08. The summed E-state index contributed by atoms with van der Waals surface area (Å²) in [6, 6.07) is 0. The van der Waals surface area contributed by atoms with E-state index < -0.39 is 5.97 Å². The Balaban J connectivity index is 3.87. The molecule has 0 aliphatic heterocycles. The molecule has 0 aliphatic carbocycles. The third-order valence-electron chi connectivity index (χ3n) is 2.70. The molecule has 0 fully saturated rings. The molecule has 0 aromatic heterocycles. The molecule has 0 aromatic carbocycles. The Hall–Kier alpha value is -1.38. The highest BCUT2D eigenvalue weighted by Crippen LogP contribution is 2.11. The number of aliphatic carboxylic acids is 1. The summed E-state index contributed by atoms with van der Waals surface area (Å²) in [7, 11) is 0. The van der Waals surface area contributed by atoms with Crippen LogP contribution in [0.3, 0.4) is 0 Å². The maximum Gasteiger partial charge on any atom is 0.306 e. The highest BCUT2D eigenvalue weighted by atomic mass is 16.4. The minimum absolute atomic E-state index is 0.281. The molecule has 0 amide bonds. The SMILES string of the molecule is CC(C=O)=CCC/C(C)=C/CCC(C)C(=O)O. The fraction of sp³-hybridized carbons (Fsp3) is 0.571. The van der Waals surface area contributed by atoms with Gasteiger partial charge in [0.1, 0.15) is 6.29 Å². The van der Waals surface area contributed by atoms with E-state index in [2.05, 4.69) is 6.08 Å². The maximum atomic E-state index is 10.6. The monoisotopic (exact) mass is 238 g/mol. The molecule has 0 aliphatic rings. The van der Waals surface area contributed by atoms with Crippen LogP contribution in [0.4, 0.5) is 0 Å². The average Bonchev–Trinajstić information content (AvgIpc) is 2.28. The Kier molecular flexibility index (Phi) is 8.03. The van der Waals surface area contributed by atoms with Gasteiger partial charge in [0.2, 0.25) is 0 Å². The lowest BCUT2D eigenvalue weighted by atomic mass is 10.0. The van der Waals surface area contributed by atoms with E-state index in [0.29, 0.717) is 6.42 Å². The Labute approximate surface area is 103 Å². The molecule has 0 heterocycles. The predicted molar refractivity (Wildman–Crippen MR) is 68.8 cm³/mol. The van der Waals surface area contributed by atoms with Crippen molar-refractivity contribution in [3.05, 3.63) is 23.3 Å². The Morgan fingerprint density at radius 3 is 2.41 bits per heavy atom. The molecule has 1 N–H and O–H groups in total. The lowest BCUT2D eigenvalue weighted by molar-refractivity contribution is -0.141. The van der Waals surface area contributed by atoms with Gasteiger partial charge in [-0.2, -0.15) is 0 Å². The smallest absolute Gasteiger partial charge is 0.306 e. The van der Waals surface area contributed by atoms with Crippen molar-refractivity contribution in [2.45, 2.75) is 46.5 Å². The quantitative estimate of drug-likeness (QED) is 0.401. The number of carbonyl (C=O) groups is 2. The van der Waals surface area contributed by atoms with E-state index in [-0.39, 0.29) is 5.92 Å². The van der Waals surface area contributed by atoms with Gasteiger partial charge in [0.15, 0.2) is 0 Å². The zero-order chi connectivity index (χ0) is 13.3. The van der Waals surface area contributed by atoms with Crippen molar-refractivity contribution in [1.82, 2.24) is 0 Å². The fourth-order valence-corrected chi connectivity index (χ4v) is 1.38. The van der Waals surface area contributed by atoms with Gasteiger partial charge in [-0.15, -0.1) is 0 Å². The second kappa shape index (κ2) is 8.74. The van der Waals surface area contributed by atoms with Crippen LogP contribution in [0, 0.1) is 5.92 Å². The molecular weight excluding hydrogens is 216 g/mol. The molecule has 3 nitrogen and oxygen atoms in total. The molecule has 17 heavy (non-hydrogen) atoms. The molecule has 0 saturated carbocycles. The van der Waals surface area contributed by atoms with Crippen LogP contribution in [0.25, 0.3) is 0 Å². The topological polar surface area (TPSA) is 54.4 Å². The first-order chi connectivity index (χ1) is 7.97. The van der Waals surface area contributed by atoms with Gasteiger partial charge >= 0.3 is 5.97 Å². The normalized spacial score (nSPS) is 14.5. The van der Waals surface area contributed by atoms with Gasteiger partial charge in [-0.05, 0) is 45.1 Å². The van der Waals surface area contributed by atoms with Crippen molar-refractivity contribution < 1.29 is 14.7 Å². The molecule has 0 saturated heterocycles. The number of hydrogen-bond donors (Lipinski definition) is 1. The third kappa shape index (κ3) is 8.43. The van der Waals surface area contributed by atoms with Crippen molar-refractivity contribution >= 4 is 12.3 Å². The zero-order valence-corrected chi connectivity index (χ0v) is 10.9. The van der Waals surface area contributed by atoms with E-state index in [4.69, 9.17) is 5.11 Å². The number of hydrogen-bond acceptors (Lipinski definition) is 2. The summed E-state index contributed by atoms with van der Waals surface area (Å²) in [5.74, 6) is -1.02. The van der Waals surface area contributed by atoms with Gasteiger partial charge in [-0.25, -0.2) is 0 Å². The number of allylic oxidation sites excluding steroid dienone is 4. The summed E-state index contributed by atoms with van der Waals surface area (Å²) in [5.41, 5.74) is 2.01. The maximum absolute atomic E-state index is 10.6. The molecule has 1 unspecified atom stereocenters. The zero-order valence-electron chi connectivity index (χ0n) is 10.9. The first-order valence-electron chi connectivity index (χ1n) is 5.97. The van der Waals surface area contributed by atoms with E-state index in [1.54, 1.807) is 13.8 Å². The molecule has 0 aromatic rings. The van der Waals surface area contributed by atoms with Crippen molar-refractivity contribution in [3.63, 3.8) is 0 Å². The highest BCUT2D eigenvalue weighted by Gasteiger charge is 2.08. The summed E-state index contributed by atoms with van der Waals surface area (Å²) >= 11 is 0. The third-order valence-corrected chi connectivity index (χ3v) is 2.70. The van der Waals surface area contributed by atoms with E-state index >= 15 is 0 Å². The fourth-order valence-electron chi connectivity index (χ4n) is 1.38. The van der Waals surface area contributed by atoms with Crippen LogP contribution in [0.15, 0.2) is 23.3 Å². The minimum Gasteiger partial charge on any atom is -0.481 e. The Bertz CT molecular complexity index is 313. The number of carbonyl (C=O) groups excluding carboxylic acids is 1. The largest absolute Gasteiger partial charge is 0.481 e. The van der Waals surface area contributed by atoms with Crippen molar-refractivity contribution in [3.8, 4) is 0 Å². The van der Waals surface area contributed by atoms with Crippen molar-refractivity contribution in [2.24, 2.45) is 5.92 Å². The first kappa shape index (κ1) is 15.6. The molecule has 1 atom stereocenters. The van der Waals surface area contributed by atoms with Crippen LogP contribution in [-0.4, -0.2) is 17.4 Å². The molecule has 0 bridgehead atoms. The first-order valence-corrected chi connectivity index (χ1v) is 5.97. The van der Waals surface area contributed by atoms with Crippen LogP contribution in [0.1, 0.15) is 46.5 Å². The predicted octanol–water partition coefficient (Wildman–Crippen LogP) is 3.36. The Morgan fingerprint density at radius 2 is 1.88 bits per heavy atom. The van der Waals surface area contributed by atoms with Gasteiger partial charge in [-0.3, -0.25) is 9.59 Å². The number of rotatable bonds is 8. The molecular formula is C14H22O3. The summed E-state index contributed by atoms with van der Waals surface area (Å²) in [5, 5.41) is 8.72. The average molecular weight is 238 g/mol. The van der Waals surface area contributed by atoms with Gasteiger partial charge in [0.25, 0.3) is 0 Å². The number of aldehydes is 1. The van der Waals surface area contributed by atoms with Gasteiger partial charge in [-0.1, -0.05) is 24.6 Å². The van der Waals surface area contributed by atoms with Crippen LogP contribution in [0.5, 0.6) is 0 Å². The lowest BCUT2D eigenvalue weighted by Gasteiger charge is -2.03. The van der Waals surface area contributed by atoms with E-state index in [1.807, 2.05) is 13.0 Å². The summed E-state index contributed by atoms with van der Waals surface area (Å²) in [6.07, 6.45) is 8.13. The summed E-state index contributed by atoms with van der Waals surface area (Å²) < 4.78 is 0. The van der Waals surface area contributed by atoms with Gasteiger partial charge < -0.3 is 5.11 Å². The second-order valence-corrected chi connectivity index (χ2v) is 4.47. The Morgan fingerprint density at radius 1 is 1.24 bits per heavy atom. The molecule has 0 spiro atoms. The van der Waals surface area contributed by atoms with E-state index in [1.165, 1.54) is 5.57 Å². The van der Waals surface area contributed by atoms with Gasteiger partial charge in [0.05, 0.1) is 5.92 Å². The molecule has 96 valence electrons. The minimum atomic E-state index is -0.736. The molecule has 0 rings (SSSR count). The van der Waals surface area contributed by atoms with E-state index in [0.717, 1.165) is 31.1 Å². The van der Waals surface area contributed by atoms with Gasteiger partial charge in [0, 0.05) is 0 Å². The van der Waals surface area contributed by atoms with Crippen LogP contribution >= 0.6 is 0 Å². The summed E-state index contributed by atoms with van der Waals surface area (Å²) in [4.78, 5) is 20.9. The number of carboxylic acids is 1. The van der Waals surface area contributed by atoms with E-state index in [9.17, 15) is 9.59 Å². The highest BCUT2D eigenvalue weighted by molar-refractivity contribution is 5.71. The molecule has 3 heteroatoms. The van der Waals surface area contributed by atoms with Crippen LogP contribution in [0.2, 0.25) is 0 Å². The van der Waals surface area contributed by atoms with Crippen LogP contribution < -0.4 is 0 Å². The van der Waals surface area contributed by atoms with Crippen LogP contribution in [-0.2, 0) is 9.59 Å². The van der Waals surface area contributed by atoms with Crippen molar-refractivity contribution in [1.29, 1.82) is 0 Å². The standard InChI is InChI=1S/C14H22O3/c1-11(6-4-8-12(2)10-15)7-5-9-13(3)14(16)17/h7-8,10,13H,4-6,9H2,1-3H3,(H,16,17)/b11-7+,12-8?. The van der Waals surface area contributed by atoms with Crippen molar-refractivity contribution in [2.75, 3.05) is 0 Å².